The van der Waals surface area contributed by atoms with Gasteiger partial charge in [0.25, 0.3) is 0 Å². The van der Waals surface area contributed by atoms with Crippen LogP contribution in [0, 0.1) is 16.4 Å². The molecule has 1 aliphatic rings. The minimum atomic E-state index is 0.519. The number of aromatic nitrogens is 2. The molecule has 1 aliphatic carbocycles. The minimum Gasteiger partial charge on any atom is -0.237 e. The molecule has 0 spiro atoms. The molecule has 0 aliphatic heterocycles. The molecule has 0 N–H and O–H groups in total. The first-order chi connectivity index (χ1) is 8.11. The molecule has 0 saturated heterocycles. The van der Waals surface area contributed by atoms with E-state index in [4.69, 9.17) is 11.6 Å². The van der Waals surface area contributed by atoms with Gasteiger partial charge < -0.3 is 0 Å². The Kier molecular flexibility index (Phi) is 4.64. The first-order valence-electron chi connectivity index (χ1n) is 6.31. The normalized spacial score (nSPS) is 24.9. The van der Waals surface area contributed by atoms with E-state index >= 15 is 0 Å². The van der Waals surface area contributed by atoms with Gasteiger partial charge in [0, 0.05) is 5.92 Å². The molecule has 1 saturated carbocycles. The maximum absolute atomic E-state index is 6.14. The zero-order valence-electron chi connectivity index (χ0n) is 10.3. The maximum Gasteiger partial charge on any atom is 0.146 e. The van der Waals surface area contributed by atoms with Gasteiger partial charge in [0.15, 0.2) is 0 Å². The van der Waals surface area contributed by atoms with E-state index in [0.717, 1.165) is 21.0 Å². The van der Waals surface area contributed by atoms with Gasteiger partial charge >= 0.3 is 0 Å². The Hall–Kier alpha value is 0.1000. The predicted octanol–water partition coefficient (Wildman–Crippen LogP) is 4.73. The lowest BCUT2D eigenvalue weighted by Gasteiger charge is -2.27. The second kappa shape index (κ2) is 5.83. The molecule has 0 amide bonds. The van der Waals surface area contributed by atoms with Crippen molar-refractivity contribution in [2.75, 3.05) is 0 Å². The van der Waals surface area contributed by atoms with E-state index in [-0.39, 0.29) is 0 Å². The summed E-state index contributed by atoms with van der Waals surface area (Å²) in [6.45, 7) is 4.30. The zero-order chi connectivity index (χ0) is 12.4. The highest BCUT2D eigenvalue weighted by molar-refractivity contribution is 14.1. The van der Waals surface area contributed by atoms with Gasteiger partial charge in [-0.3, -0.25) is 0 Å². The van der Waals surface area contributed by atoms with Crippen molar-refractivity contribution in [3.63, 3.8) is 0 Å². The summed E-state index contributed by atoms with van der Waals surface area (Å²) in [5.41, 5.74) is 1.01. The highest BCUT2D eigenvalue weighted by atomic mass is 127. The van der Waals surface area contributed by atoms with Crippen LogP contribution in [0.3, 0.4) is 0 Å². The van der Waals surface area contributed by atoms with Crippen LogP contribution >= 0.6 is 34.2 Å². The lowest BCUT2D eigenvalue weighted by Crippen LogP contribution is -2.15. The molecule has 0 bridgehead atoms. The SMILES string of the molecule is CCC1CCC(c2nc(C)c(I)c(Cl)n2)CC1. The molecule has 94 valence electrons. The maximum atomic E-state index is 6.14. The van der Waals surface area contributed by atoms with Crippen molar-refractivity contribution in [3.05, 3.63) is 20.2 Å². The Morgan fingerprint density at radius 3 is 2.41 bits per heavy atom. The smallest absolute Gasteiger partial charge is 0.146 e. The molecule has 2 nitrogen and oxygen atoms in total. The van der Waals surface area contributed by atoms with E-state index in [1.165, 1.54) is 32.1 Å². The standard InChI is InChI=1S/C13H18ClIN2/c1-3-9-4-6-10(7-5-9)13-16-8(2)11(15)12(14)17-13/h9-10H,3-7H2,1-2H3. The van der Waals surface area contributed by atoms with Crippen LogP contribution in [0.5, 0.6) is 0 Å². The van der Waals surface area contributed by atoms with Gasteiger partial charge in [-0.1, -0.05) is 24.9 Å². The van der Waals surface area contributed by atoms with Crippen LogP contribution in [0.25, 0.3) is 0 Å². The third-order valence-corrected chi connectivity index (χ3v) is 5.67. The lowest BCUT2D eigenvalue weighted by atomic mass is 9.80. The molecule has 1 heterocycles. The predicted molar refractivity (Wildman–Crippen MR) is 79.5 cm³/mol. The summed E-state index contributed by atoms with van der Waals surface area (Å²) in [5.74, 6) is 2.39. The van der Waals surface area contributed by atoms with Gasteiger partial charge in [-0.2, -0.15) is 0 Å². The fourth-order valence-corrected chi connectivity index (χ4v) is 3.02. The topological polar surface area (TPSA) is 25.8 Å². The van der Waals surface area contributed by atoms with Crippen LogP contribution in [0.2, 0.25) is 5.15 Å². The number of rotatable bonds is 2. The summed E-state index contributed by atoms with van der Waals surface area (Å²) < 4.78 is 0.982. The third kappa shape index (κ3) is 3.11. The molecule has 4 heteroatoms. The van der Waals surface area contributed by atoms with E-state index in [0.29, 0.717) is 11.1 Å². The first kappa shape index (κ1) is 13.5. The monoisotopic (exact) mass is 364 g/mol. The molecule has 2 rings (SSSR count). The Morgan fingerprint density at radius 2 is 1.88 bits per heavy atom. The van der Waals surface area contributed by atoms with Crippen molar-refractivity contribution in [1.29, 1.82) is 0 Å². The molecule has 1 aromatic rings. The second-order valence-corrected chi connectivity index (χ2v) is 6.33. The van der Waals surface area contributed by atoms with Gasteiger partial charge in [0.1, 0.15) is 11.0 Å². The van der Waals surface area contributed by atoms with Gasteiger partial charge in [-0.25, -0.2) is 9.97 Å². The Labute approximate surface area is 122 Å². The minimum absolute atomic E-state index is 0.519. The number of nitrogens with zero attached hydrogens (tertiary/aromatic N) is 2. The van der Waals surface area contributed by atoms with Crippen molar-refractivity contribution < 1.29 is 0 Å². The molecule has 0 unspecified atom stereocenters. The summed E-state index contributed by atoms with van der Waals surface area (Å²) in [4.78, 5) is 9.06. The molecule has 1 aromatic heterocycles. The highest BCUT2D eigenvalue weighted by Crippen LogP contribution is 2.36. The van der Waals surface area contributed by atoms with Crippen molar-refractivity contribution in [3.8, 4) is 0 Å². The average Bonchev–Trinajstić information content (AvgIpc) is 2.35. The van der Waals surface area contributed by atoms with Crippen LogP contribution in [0.4, 0.5) is 0 Å². The van der Waals surface area contributed by atoms with E-state index in [2.05, 4.69) is 39.5 Å². The zero-order valence-corrected chi connectivity index (χ0v) is 13.3. The van der Waals surface area contributed by atoms with Crippen LogP contribution < -0.4 is 0 Å². The molecule has 0 radical (unpaired) electrons. The number of halogens is 2. The highest BCUT2D eigenvalue weighted by Gasteiger charge is 2.24. The van der Waals surface area contributed by atoms with Crippen molar-refractivity contribution in [1.82, 2.24) is 9.97 Å². The van der Waals surface area contributed by atoms with Crippen LogP contribution in [-0.4, -0.2) is 9.97 Å². The fraction of sp³-hybridized carbons (Fsp3) is 0.692. The summed E-state index contributed by atoms with van der Waals surface area (Å²) in [5, 5.41) is 0.616. The molecular formula is C13H18ClIN2. The van der Waals surface area contributed by atoms with E-state index in [9.17, 15) is 0 Å². The Bertz CT molecular complexity index is 377. The number of hydrogen-bond donors (Lipinski definition) is 0. The van der Waals surface area contributed by atoms with Gasteiger partial charge in [-0.05, 0) is 61.1 Å². The van der Waals surface area contributed by atoms with E-state index in [1.54, 1.807) is 0 Å². The number of hydrogen-bond acceptors (Lipinski definition) is 2. The fourth-order valence-electron chi connectivity index (χ4n) is 2.56. The number of aryl methyl sites for hydroxylation is 1. The second-order valence-electron chi connectivity index (χ2n) is 4.90. The van der Waals surface area contributed by atoms with Crippen LogP contribution in [0.1, 0.15) is 56.5 Å². The quantitative estimate of drug-likeness (QED) is 0.560. The Balaban J connectivity index is 2.13. The average molecular weight is 365 g/mol. The summed E-state index contributed by atoms with van der Waals surface area (Å²) in [7, 11) is 0. The van der Waals surface area contributed by atoms with Gasteiger partial charge in [0.2, 0.25) is 0 Å². The van der Waals surface area contributed by atoms with Gasteiger partial charge in [-0.15, -0.1) is 0 Å². The summed E-state index contributed by atoms with van der Waals surface area (Å²) in [6.07, 6.45) is 6.37. The van der Waals surface area contributed by atoms with Crippen molar-refractivity contribution >= 4 is 34.2 Å². The van der Waals surface area contributed by atoms with Crippen LogP contribution in [-0.2, 0) is 0 Å². The first-order valence-corrected chi connectivity index (χ1v) is 7.77. The molecule has 0 atom stereocenters. The van der Waals surface area contributed by atoms with Crippen molar-refractivity contribution in [2.24, 2.45) is 5.92 Å². The van der Waals surface area contributed by atoms with E-state index < -0.39 is 0 Å². The molecular weight excluding hydrogens is 347 g/mol. The van der Waals surface area contributed by atoms with Gasteiger partial charge in [0.05, 0.1) is 9.26 Å². The van der Waals surface area contributed by atoms with Crippen LogP contribution in [0.15, 0.2) is 0 Å². The molecule has 0 aromatic carbocycles. The van der Waals surface area contributed by atoms with E-state index in [1.807, 2.05) is 6.92 Å². The molecule has 1 fully saturated rings. The summed E-state index contributed by atoms with van der Waals surface area (Å²) >= 11 is 8.34. The Morgan fingerprint density at radius 1 is 1.24 bits per heavy atom. The summed E-state index contributed by atoms with van der Waals surface area (Å²) in [6, 6.07) is 0. The largest absolute Gasteiger partial charge is 0.237 e. The molecule has 17 heavy (non-hydrogen) atoms. The van der Waals surface area contributed by atoms with Crippen molar-refractivity contribution in [2.45, 2.75) is 51.9 Å². The third-order valence-electron chi connectivity index (χ3n) is 3.78. The lowest BCUT2D eigenvalue weighted by molar-refractivity contribution is 0.312.